The van der Waals surface area contributed by atoms with Gasteiger partial charge in [-0.15, -0.1) is 0 Å². The van der Waals surface area contributed by atoms with Crippen LogP contribution in [0.1, 0.15) is 24.0 Å². The van der Waals surface area contributed by atoms with E-state index >= 15 is 0 Å². The third kappa shape index (κ3) is 4.29. The summed E-state index contributed by atoms with van der Waals surface area (Å²) < 4.78 is 75.4. The maximum absolute atomic E-state index is 14.2. The van der Waals surface area contributed by atoms with Gasteiger partial charge in [-0.3, -0.25) is 11.2 Å². The molecule has 0 spiro atoms. The van der Waals surface area contributed by atoms with Gasteiger partial charge in [0.15, 0.2) is 0 Å². The molecule has 2 aliphatic rings. The summed E-state index contributed by atoms with van der Waals surface area (Å²) in [6.45, 7) is 0.643. The highest BCUT2D eigenvalue weighted by molar-refractivity contribution is 7.89. The van der Waals surface area contributed by atoms with Gasteiger partial charge in [-0.2, -0.15) is 22.9 Å². The fourth-order valence-electron chi connectivity index (χ4n) is 3.99. The van der Waals surface area contributed by atoms with Gasteiger partial charge in [0.05, 0.1) is 12.7 Å². The lowest BCUT2D eigenvalue weighted by Gasteiger charge is -2.24. The van der Waals surface area contributed by atoms with Gasteiger partial charge in [0.25, 0.3) is 0 Å². The van der Waals surface area contributed by atoms with E-state index in [1.807, 2.05) is 0 Å². The van der Waals surface area contributed by atoms with Crippen LogP contribution in [-0.4, -0.2) is 38.9 Å². The number of ether oxygens (including phenoxy) is 1. The molecule has 2 aromatic rings. The number of hydrogen-bond donors (Lipinski definition) is 4. The zero-order valence-corrected chi connectivity index (χ0v) is 19.5. The quantitative estimate of drug-likeness (QED) is 0.477. The van der Waals surface area contributed by atoms with Crippen LogP contribution in [0.25, 0.3) is 11.1 Å². The first-order valence-corrected chi connectivity index (χ1v) is 12.0. The monoisotopic (exact) mass is 518 g/mol. The van der Waals surface area contributed by atoms with E-state index in [2.05, 4.69) is 15.8 Å². The molecule has 1 saturated heterocycles. The van der Waals surface area contributed by atoms with Crippen LogP contribution in [0, 0.1) is 0 Å². The molecule has 0 aliphatic carbocycles. The fraction of sp³-hybridized carbons (Fsp3) is 0.350. The topological polar surface area (TPSA) is 135 Å². The molecule has 2 heterocycles. The average Bonchev–Trinajstić information content (AvgIpc) is 3.43. The second-order valence-electron chi connectivity index (χ2n) is 7.87. The Morgan fingerprint density at radius 3 is 2.44 bits per heavy atom. The van der Waals surface area contributed by atoms with Crippen molar-refractivity contribution in [1.29, 1.82) is 0 Å². The van der Waals surface area contributed by atoms with Gasteiger partial charge >= 0.3 is 6.18 Å². The van der Waals surface area contributed by atoms with Gasteiger partial charge in [-0.1, -0.05) is 17.7 Å². The van der Waals surface area contributed by atoms with Crippen LogP contribution in [0.3, 0.4) is 0 Å². The third-order valence-electron chi connectivity index (χ3n) is 5.65. The van der Waals surface area contributed by atoms with Crippen LogP contribution in [0.4, 0.5) is 13.2 Å². The summed E-state index contributed by atoms with van der Waals surface area (Å²) in [5.74, 6) is -1.87. The molecule has 0 bridgehead atoms. The Labute approximate surface area is 198 Å². The Hall–Kier alpha value is -2.58. The van der Waals surface area contributed by atoms with E-state index in [1.54, 1.807) is 0 Å². The molecular weight excluding hydrogens is 497 g/mol. The number of rotatable bonds is 5. The summed E-state index contributed by atoms with van der Waals surface area (Å²) in [4.78, 5) is 3.65. The minimum absolute atomic E-state index is 0.0175. The number of nitrogens with zero attached hydrogens (tertiary/aromatic N) is 2. The van der Waals surface area contributed by atoms with Crippen LogP contribution >= 0.6 is 11.6 Å². The van der Waals surface area contributed by atoms with Gasteiger partial charge in [-0.25, -0.2) is 13.4 Å². The van der Waals surface area contributed by atoms with Crippen molar-refractivity contribution in [3.63, 3.8) is 0 Å². The molecule has 184 valence electrons. The van der Waals surface area contributed by atoms with E-state index in [-0.39, 0.29) is 32.8 Å². The van der Waals surface area contributed by atoms with E-state index in [4.69, 9.17) is 27.8 Å². The van der Waals surface area contributed by atoms with Crippen molar-refractivity contribution in [2.24, 2.45) is 16.5 Å². The molecule has 2 aliphatic heterocycles. The number of nitrogens with two attached hydrogens (primary N) is 2. The molecule has 1 fully saturated rings. The maximum atomic E-state index is 14.2. The summed E-state index contributed by atoms with van der Waals surface area (Å²) in [7, 11) is -2.71. The standard InChI is InChI=1S/C20H22ClF3N6O3S/c1-33-15-5-4-11(8-16(15)34(31,32)30-6-2-3-7-30)17-13(19(22,23)24)9-12(10-14(17)21)20(26)27-18(25)28-29-20/h4-5,8-10,29H,2-3,6-7,26H2,1H3,(H3,25,27,28). The Balaban J connectivity index is 1.91. The molecular formula is C20H22ClF3N6O3S. The van der Waals surface area contributed by atoms with E-state index in [0.717, 1.165) is 12.1 Å². The summed E-state index contributed by atoms with van der Waals surface area (Å²) in [5, 5.41) is -0.299. The fourth-order valence-corrected chi connectivity index (χ4v) is 6.01. The second-order valence-corrected chi connectivity index (χ2v) is 10.2. The Morgan fingerprint density at radius 2 is 1.88 bits per heavy atom. The lowest BCUT2D eigenvalue weighted by molar-refractivity contribution is -0.137. The largest absolute Gasteiger partial charge is 0.495 e. The van der Waals surface area contributed by atoms with Crippen molar-refractivity contribution in [3.8, 4) is 16.9 Å². The van der Waals surface area contributed by atoms with Crippen LogP contribution < -0.4 is 27.1 Å². The number of hydrogen-bond acceptors (Lipinski definition) is 8. The van der Waals surface area contributed by atoms with Gasteiger partial charge in [0.1, 0.15) is 10.6 Å². The first-order valence-electron chi connectivity index (χ1n) is 10.1. The van der Waals surface area contributed by atoms with Gasteiger partial charge in [0.2, 0.25) is 21.8 Å². The average molecular weight is 519 g/mol. The van der Waals surface area contributed by atoms with Crippen molar-refractivity contribution in [1.82, 2.24) is 15.2 Å². The smallest absolute Gasteiger partial charge is 0.417 e. The molecule has 14 heteroatoms. The summed E-state index contributed by atoms with van der Waals surface area (Å²) in [6, 6.07) is 5.80. The maximum Gasteiger partial charge on any atom is 0.417 e. The summed E-state index contributed by atoms with van der Waals surface area (Å²) in [5.41, 5.74) is 14.9. The van der Waals surface area contributed by atoms with Gasteiger partial charge < -0.3 is 10.5 Å². The lowest BCUT2D eigenvalue weighted by atomic mass is 9.95. The predicted octanol–water partition coefficient (Wildman–Crippen LogP) is 2.31. The first-order chi connectivity index (χ1) is 15.9. The third-order valence-corrected chi connectivity index (χ3v) is 7.87. The van der Waals surface area contributed by atoms with Crippen LogP contribution in [0.5, 0.6) is 5.75 Å². The van der Waals surface area contributed by atoms with Crippen LogP contribution in [0.15, 0.2) is 40.2 Å². The Bertz CT molecular complexity index is 1260. The van der Waals surface area contributed by atoms with Crippen molar-refractivity contribution >= 4 is 27.6 Å². The number of hydrazine groups is 1. The molecule has 6 N–H and O–H groups in total. The molecule has 0 saturated carbocycles. The minimum atomic E-state index is -4.85. The zero-order chi connectivity index (χ0) is 24.9. The normalized spacial score (nSPS) is 21.4. The van der Waals surface area contributed by atoms with Crippen molar-refractivity contribution < 1.29 is 26.3 Å². The van der Waals surface area contributed by atoms with Crippen LogP contribution in [0.2, 0.25) is 5.02 Å². The van der Waals surface area contributed by atoms with E-state index < -0.39 is 33.1 Å². The minimum Gasteiger partial charge on any atom is -0.495 e. The number of halogens is 4. The highest BCUT2D eigenvalue weighted by Crippen LogP contribution is 2.44. The molecule has 0 aromatic heterocycles. The summed E-state index contributed by atoms with van der Waals surface area (Å²) >= 11 is 6.34. The SMILES string of the molecule is COc1ccc(-c2c(Cl)cc(C3(N)N=C(N)NN3)cc2C(F)(F)F)cc1S(=O)(=O)N1CCCC1. The number of nitrogens with one attached hydrogen (secondary N) is 2. The molecule has 1 atom stereocenters. The molecule has 9 nitrogen and oxygen atoms in total. The lowest BCUT2D eigenvalue weighted by Crippen LogP contribution is -2.50. The summed E-state index contributed by atoms with van der Waals surface area (Å²) in [6.07, 6.45) is -3.45. The number of sulfonamides is 1. The highest BCUT2D eigenvalue weighted by Gasteiger charge is 2.40. The van der Waals surface area contributed by atoms with E-state index in [1.165, 1.54) is 29.6 Å². The van der Waals surface area contributed by atoms with Crippen LogP contribution in [-0.2, 0) is 22.0 Å². The molecule has 0 radical (unpaired) electrons. The number of benzene rings is 2. The first kappa shape index (κ1) is 24.5. The van der Waals surface area contributed by atoms with Gasteiger partial charge in [0, 0.05) is 29.2 Å². The number of aliphatic imine (C=N–C) groups is 1. The number of guanidine groups is 1. The van der Waals surface area contributed by atoms with E-state index in [0.29, 0.717) is 25.9 Å². The molecule has 4 rings (SSSR count). The molecule has 0 amide bonds. The number of methoxy groups -OCH3 is 1. The van der Waals surface area contributed by atoms with Crippen molar-refractivity contribution in [2.75, 3.05) is 20.2 Å². The molecule has 34 heavy (non-hydrogen) atoms. The Kier molecular flexibility index (Phi) is 6.19. The molecule has 2 aromatic carbocycles. The molecule has 1 unspecified atom stereocenters. The highest BCUT2D eigenvalue weighted by atomic mass is 35.5. The van der Waals surface area contributed by atoms with Crippen molar-refractivity contribution in [3.05, 3.63) is 46.5 Å². The Morgan fingerprint density at radius 1 is 1.21 bits per heavy atom. The van der Waals surface area contributed by atoms with Crippen molar-refractivity contribution in [2.45, 2.75) is 29.7 Å². The van der Waals surface area contributed by atoms with Gasteiger partial charge in [-0.05, 0) is 42.7 Å². The predicted molar refractivity (Wildman–Crippen MR) is 120 cm³/mol. The zero-order valence-electron chi connectivity index (χ0n) is 17.9. The number of alkyl halides is 3. The second kappa shape index (κ2) is 8.57. The van der Waals surface area contributed by atoms with E-state index in [9.17, 15) is 21.6 Å².